The molecule has 0 aliphatic carbocycles. The van der Waals surface area contributed by atoms with Gasteiger partial charge in [0.05, 0.1) is 0 Å². The molecule has 1 amide bonds. The third-order valence-electron chi connectivity index (χ3n) is 4.63. The summed E-state index contributed by atoms with van der Waals surface area (Å²) in [5.41, 5.74) is 0.0988. The summed E-state index contributed by atoms with van der Waals surface area (Å²) in [4.78, 5) is 17.2. The third-order valence-corrected chi connectivity index (χ3v) is 4.63. The molecule has 2 fully saturated rings. The quantitative estimate of drug-likeness (QED) is 0.767. The van der Waals surface area contributed by atoms with Gasteiger partial charge in [-0.2, -0.15) is 0 Å². The van der Waals surface area contributed by atoms with E-state index in [1.807, 2.05) is 0 Å². The van der Waals surface area contributed by atoms with Crippen molar-refractivity contribution in [2.45, 2.75) is 66.0 Å². The Morgan fingerprint density at radius 3 is 2.42 bits per heavy atom. The molecule has 0 spiro atoms. The Balaban J connectivity index is 2.01. The van der Waals surface area contributed by atoms with Crippen molar-refractivity contribution in [3.63, 3.8) is 0 Å². The Morgan fingerprint density at radius 2 is 1.84 bits per heavy atom. The number of carbonyl (C=O) groups is 1. The van der Waals surface area contributed by atoms with Crippen molar-refractivity contribution in [2.24, 2.45) is 11.3 Å². The van der Waals surface area contributed by atoms with Gasteiger partial charge in [-0.25, -0.2) is 0 Å². The lowest BCUT2D eigenvalue weighted by molar-refractivity contribution is -0.135. The summed E-state index contributed by atoms with van der Waals surface area (Å²) in [7, 11) is 0. The molecule has 110 valence electrons. The van der Waals surface area contributed by atoms with Gasteiger partial charge < -0.3 is 4.90 Å². The van der Waals surface area contributed by atoms with Crippen LogP contribution in [0.2, 0.25) is 0 Å². The van der Waals surface area contributed by atoms with Crippen molar-refractivity contribution in [1.82, 2.24) is 9.80 Å². The lowest BCUT2D eigenvalue weighted by Crippen LogP contribution is -2.52. The van der Waals surface area contributed by atoms with Crippen LogP contribution in [0.15, 0.2) is 0 Å². The van der Waals surface area contributed by atoms with Gasteiger partial charge in [0.2, 0.25) is 5.91 Å². The molecule has 2 heterocycles. The number of rotatable bonds is 2. The number of hydrogen-bond acceptors (Lipinski definition) is 2. The predicted molar refractivity (Wildman–Crippen MR) is 79.0 cm³/mol. The number of likely N-dealkylation sites (tertiary alicyclic amines) is 2. The second-order valence-electron chi connectivity index (χ2n) is 7.82. The SMILES string of the molecule is CC(C)N1CCC2CCN(C(=O)CC(C)(C)C)C2C1. The van der Waals surface area contributed by atoms with Gasteiger partial charge in [0.15, 0.2) is 0 Å². The fourth-order valence-electron chi connectivity index (χ4n) is 3.50. The highest BCUT2D eigenvalue weighted by Crippen LogP contribution is 2.34. The Labute approximate surface area is 118 Å². The van der Waals surface area contributed by atoms with Crippen molar-refractivity contribution >= 4 is 5.91 Å². The van der Waals surface area contributed by atoms with Crippen molar-refractivity contribution in [3.05, 3.63) is 0 Å². The van der Waals surface area contributed by atoms with Crippen LogP contribution < -0.4 is 0 Å². The van der Waals surface area contributed by atoms with Gasteiger partial charge in [-0.3, -0.25) is 9.69 Å². The number of fused-ring (bicyclic) bond motifs is 1. The minimum Gasteiger partial charge on any atom is -0.338 e. The van der Waals surface area contributed by atoms with Crippen LogP contribution in [0, 0.1) is 11.3 Å². The van der Waals surface area contributed by atoms with Gasteiger partial charge in [0.1, 0.15) is 0 Å². The lowest BCUT2D eigenvalue weighted by Gasteiger charge is -2.40. The van der Waals surface area contributed by atoms with Crippen molar-refractivity contribution < 1.29 is 4.79 Å². The molecule has 19 heavy (non-hydrogen) atoms. The van der Waals surface area contributed by atoms with Crippen LogP contribution in [-0.2, 0) is 4.79 Å². The molecule has 0 aromatic rings. The molecule has 0 radical (unpaired) electrons. The average molecular weight is 266 g/mol. The molecule has 2 aliphatic rings. The van der Waals surface area contributed by atoms with Gasteiger partial charge in [0, 0.05) is 31.6 Å². The molecule has 0 saturated carbocycles. The highest BCUT2D eigenvalue weighted by Gasteiger charge is 2.41. The number of hydrogen-bond donors (Lipinski definition) is 0. The first-order valence-electron chi connectivity index (χ1n) is 7.81. The number of nitrogens with zero attached hydrogens (tertiary/aromatic N) is 2. The summed E-state index contributed by atoms with van der Waals surface area (Å²) >= 11 is 0. The third kappa shape index (κ3) is 3.50. The van der Waals surface area contributed by atoms with E-state index in [4.69, 9.17) is 0 Å². The zero-order valence-electron chi connectivity index (χ0n) is 13.3. The van der Waals surface area contributed by atoms with E-state index in [0.29, 0.717) is 24.4 Å². The summed E-state index contributed by atoms with van der Waals surface area (Å²) in [5.74, 6) is 1.12. The molecule has 0 bridgehead atoms. The van der Waals surface area contributed by atoms with Crippen LogP contribution in [0.25, 0.3) is 0 Å². The lowest BCUT2D eigenvalue weighted by atomic mass is 9.89. The van der Waals surface area contributed by atoms with Crippen molar-refractivity contribution in [1.29, 1.82) is 0 Å². The van der Waals surface area contributed by atoms with Gasteiger partial charge >= 0.3 is 0 Å². The molecular weight excluding hydrogens is 236 g/mol. The highest BCUT2D eigenvalue weighted by molar-refractivity contribution is 5.77. The fraction of sp³-hybridized carbons (Fsp3) is 0.938. The molecule has 2 unspecified atom stereocenters. The molecule has 2 atom stereocenters. The van der Waals surface area contributed by atoms with Gasteiger partial charge in [-0.05, 0) is 44.6 Å². The standard InChI is InChI=1S/C16H30N2O/c1-12(2)17-8-6-13-7-9-18(14(13)11-17)15(19)10-16(3,4)5/h12-14H,6-11H2,1-5H3. The van der Waals surface area contributed by atoms with Crippen LogP contribution in [0.1, 0.15) is 53.9 Å². The maximum Gasteiger partial charge on any atom is 0.223 e. The van der Waals surface area contributed by atoms with Crippen LogP contribution in [0.4, 0.5) is 0 Å². The zero-order chi connectivity index (χ0) is 14.2. The van der Waals surface area contributed by atoms with Gasteiger partial charge in [-0.15, -0.1) is 0 Å². The normalized spacial score (nSPS) is 28.8. The molecule has 3 nitrogen and oxygen atoms in total. The average Bonchev–Trinajstić information content (AvgIpc) is 2.68. The van der Waals surface area contributed by atoms with Crippen molar-refractivity contribution in [3.8, 4) is 0 Å². The van der Waals surface area contributed by atoms with E-state index in [0.717, 1.165) is 19.0 Å². The van der Waals surface area contributed by atoms with Crippen LogP contribution in [0.3, 0.4) is 0 Å². The molecule has 0 N–H and O–H groups in total. The molecule has 2 rings (SSSR count). The van der Waals surface area contributed by atoms with E-state index in [1.165, 1.54) is 19.4 Å². The highest BCUT2D eigenvalue weighted by atomic mass is 16.2. The summed E-state index contributed by atoms with van der Waals surface area (Å²) < 4.78 is 0. The summed E-state index contributed by atoms with van der Waals surface area (Å²) in [6, 6.07) is 1.08. The second-order valence-corrected chi connectivity index (χ2v) is 7.82. The van der Waals surface area contributed by atoms with E-state index >= 15 is 0 Å². The molecular formula is C16H30N2O. The summed E-state index contributed by atoms with van der Waals surface area (Å²) in [6.45, 7) is 14.3. The molecule has 2 aliphatic heterocycles. The smallest absolute Gasteiger partial charge is 0.223 e. The number of carbonyl (C=O) groups excluding carboxylic acids is 1. The van der Waals surface area contributed by atoms with E-state index in [9.17, 15) is 4.79 Å². The first-order valence-corrected chi connectivity index (χ1v) is 7.81. The monoisotopic (exact) mass is 266 g/mol. The minimum atomic E-state index is 0.0988. The Hall–Kier alpha value is -0.570. The van der Waals surface area contributed by atoms with Crippen LogP contribution >= 0.6 is 0 Å². The minimum absolute atomic E-state index is 0.0988. The topological polar surface area (TPSA) is 23.6 Å². The number of piperidine rings is 1. The van der Waals surface area contributed by atoms with E-state index < -0.39 is 0 Å². The first-order chi connectivity index (χ1) is 8.78. The summed E-state index contributed by atoms with van der Waals surface area (Å²) in [5, 5.41) is 0. The Bertz CT molecular complexity index is 332. The van der Waals surface area contributed by atoms with E-state index in [-0.39, 0.29) is 5.41 Å². The van der Waals surface area contributed by atoms with E-state index in [2.05, 4.69) is 44.4 Å². The van der Waals surface area contributed by atoms with Gasteiger partial charge in [-0.1, -0.05) is 20.8 Å². The molecule has 0 aromatic carbocycles. The molecule has 0 aromatic heterocycles. The Kier molecular flexibility index (Phi) is 4.24. The summed E-state index contributed by atoms with van der Waals surface area (Å²) in [6.07, 6.45) is 3.16. The van der Waals surface area contributed by atoms with Crippen LogP contribution in [0.5, 0.6) is 0 Å². The maximum absolute atomic E-state index is 12.5. The maximum atomic E-state index is 12.5. The van der Waals surface area contributed by atoms with Crippen molar-refractivity contribution in [2.75, 3.05) is 19.6 Å². The zero-order valence-corrected chi connectivity index (χ0v) is 13.3. The molecule has 3 heteroatoms. The van der Waals surface area contributed by atoms with Crippen LogP contribution in [-0.4, -0.2) is 47.4 Å². The van der Waals surface area contributed by atoms with E-state index in [1.54, 1.807) is 0 Å². The molecule has 2 saturated heterocycles. The first kappa shape index (κ1) is 14.8. The Morgan fingerprint density at radius 1 is 1.21 bits per heavy atom. The van der Waals surface area contributed by atoms with Gasteiger partial charge in [0.25, 0.3) is 0 Å². The number of amides is 1. The predicted octanol–water partition coefficient (Wildman–Crippen LogP) is 2.75. The largest absolute Gasteiger partial charge is 0.338 e. The second kappa shape index (κ2) is 5.43. The fourth-order valence-corrected chi connectivity index (χ4v) is 3.50.